The molecule has 1 aromatic carbocycles. The van der Waals surface area contributed by atoms with Gasteiger partial charge in [0.25, 0.3) is 0 Å². The van der Waals surface area contributed by atoms with Gasteiger partial charge in [-0.1, -0.05) is 0 Å². The molecule has 8 heteroatoms. The molecule has 0 saturated carbocycles. The fourth-order valence-corrected chi connectivity index (χ4v) is 4.47. The van der Waals surface area contributed by atoms with Gasteiger partial charge in [0.1, 0.15) is 17.5 Å². The van der Waals surface area contributed by atoms with Crippen molar-refractivity contribution < 1.29 is 13.6 Å². The van der Waals surface area contributed by atoms with Crippen molar-refractivity contribution in [3.63, 3.8) is 0 Å². The lowest BCUT2D eigenvalue weighted by atomic mass is 10.0. The van der Waals surface area contributed by atoms with Crippen molar-refractivity contribution in [2.75, 3.05) is 0 Å². The van der Waals surface area contributed by atoms with E-state index in [9.17, 15) is 13.6 Å². The maximum absolute atomic E-state index is 14.1. The highest BCUT2D eigenvalue weighted by molar-refractivity contribution is 5.79. The average Bonchev–Trinajstić information content (AvgIpc) is 3.32. The molecule has 0 bridgehead atoms. The van der Waals surface area contributed by atoms with Crippen LogP contribution in [0, 0.1) is 11.6 Å². The Morgan fingerprint density at radius 1 is 1.23 bits per heavy atom. The van der Waals surface area contributed by atoms with Gasteiger partial charge in [0.2, 0.25) is 5.91 Å². The molecule has 156 valence electrons. The van der Waals surface area contributed by atoms with Crippen LogP contribution in [0.4, 0.5) is 8.78 Å². The van der Waals surface area contributed by atoms with E-state index >= 15 is 0 Å². The highest BCUT2D eigenvalue weighted by Crippen LogP contribution is 2.26. The van der Waals surface area contributed by atoms with Crippen LogP contribution in [0.25, 0.3) is 11.3 Å². The first kappa shape index (κ1) is 19.0. The Bertz CT molecular complexity index is 1100. The van der Waals surface area contributed by atoms with E-state index in [1.54, 1.807) is 6.20 Å². The van der Waals surface area contributed by atoms with Crippen molar-refractivity contribution in [2.45, 2.75) is 57.7 Å². The lowest BCUT2D eigenvalue weighted by Gasteiger charge is -2.24. The van der Waals surface area contributed by atoms with Gasteiger partial charge in [0.15, 0.2) is 0 Å². The Morgan fingerprint density at radius 2 is 2.13 bits per heavy atom. The Kier molecular flexibility index (Phi) is 4.84. The number of fused-ring (bicyclic) bond motifs is 2. The second-order valence-electron chi connectivity index (χ2n) is 8.10. The van der Waals surface area contributed by atoms with Crippen LogP contribution >= 0.6 is 0 Å². The smallest absolute Gasteiger partial charge is 0.224 e. The van der Waals surface area contributed by atoms with Crippen LogP contribution in [0.1, 0.15) is 36.3 Å². The lowest BCUT2D eigenvalue weighted by molar-refractivity contribution is -0.121. The first-order valence-corrected chi connectivity index (χ1v) is 10.4. The minimum Gasteiger partial charge on any atom is -0.351 e. The van der Waals surface area contributed by atoms with Crippen molar-refractivity contribution in [1.82, 2.24) is 24.6 Å². The van der Waals surface area contributed by atoms with Gasteiger partial charge < -0.3 is 9.88 Å². The van der Waals surface area contributed by atoms with Crippen LogP contribution in [-0.4, -0.2) is 31.3 Å². The van der Waals surface area contributed by atoms with Gasteiger partial charge in [-0.15, -0.1) is 0 Å². The molecule has 1 atom stereocenters. The van der Waals surface area contributed by atoms with Crippen LogP contribution in [0.3, 0.4) is 0 Å². The van der Waals surface area contributed by atoms with Crippen LogP contribution in [0.15, 0.2) is 30.6 Å². The van der Waals surface area contributed by atoms with E-state index in [2.05, 4.69) is 15.4 Å². The monoisotopic (exact) mass is 411 g/mol. The summed E-state index contributed by atoms with van der Waals surface area (Å²) in [6.45, 7) is 1.52. The molecule has 2 aliphatic rings. The maximum Gasteiger partial charge on any atom is 0.224 e. The number of carbonyl (C=O) groups excluding carboxylic acids is 1. The van der Waals surface area contributed by atoms with E-state index < -0.39 is 11.6 Å². The Balaban J connectivity index is 1.25. The third-order valence-corrected chi connectivity index (χ3v) is 5.98. The number of rotatable bonds is 4. The van der Waals surface area contributed by atoms with Gasteiger partial charge in [-0.05, 0) is 37.8 Å². The largest absolute Gasteiger partial charge is 0.351 e. The molecule has 0 saturated heterocycles. The number of nitrogens with zero attached hydrogens (tertiary/aromatic N) is 4. The summed E-state index contributed by atoms with van der Waals surface area (Å²) in [5.41, 5.74) is 2.97. The first-order chi connectivity index (χ1) is 14.6. The average molecular weight is 411 g/mol. The fourth-order valence-electron chi connectivity index (χ4n) is 4.47. The van der Waals surface area contributed by atoms with Crippen LogP contribution in [0.2, 0.25) is 0 Å². The van der Waals surface area contributed by atoms with E-state index in [0.29, 0.717) is 25.1 Å². The summed E-state index contributed by atoms with van der Waals surface area (Å²) in [7, 11) is 0. The van der Waals surface area contributed by atoms with Crippen LogP contribution in [0.5, 0.6) is 0 Å². The summed E-state index contributed by atoms with van der Waals surface area (Å²) in [6.07, 6.45) is 8.67. The molecule has 1 amide bonds. The zero-order valence-corrected chi connectivity index (χ0v) is 16.6. The van der Waals surface area contributed by atoms with E-state index in [0.717, 1.165) is 49.7 Å². The zero-order chi connectivity index (χ0) is 20.7. The summed E-state index contributed by atoms with van der Waals surface area (Å²) in [5.74, 6) is -0.387. The Morgan fingerprint density at radius 3 is 3.00 bits per heavy atom. The predicted octanol–water partition coefficient (Wildman–Crippen LogP) is 3.03. The van der Waals surface area contributed by atoms with Gasteiger partial charge in [-0.25, -0.2) is 13.8 Å². The quantitative estimate of drug-likeness (QED) is 0.718. The van der Waals surface area contributed by atoms with Crippen molar-refractivity contribution >= 4 is 5.91 Å². The molecule has 0 aliphatic carbocycles. The number of carbonyl (C=O) groups is 1. The van der Waals surface area contributed by atoms with Crippen molar-refractivity contribution in [3.05, 3.63) is 59.3 Å². The normalized spacial score (nSPS) is 18.0. The minimum absolute atomic E-state index is 0.00323. The number of aromatic nitrogens is 4. The van der Waals surface area contributed by atoms with Gasteiger partial charge >= 0.3 is 0 Å². The van der Waals surface area contributed by atoms with Crippen LogP contribution < -0.4 is 5.32 Å². The predicted molar refractivity (Wildman–Crippen MR) is 107 cm³/mol. The second-order valence-corrected chi connectivity index (χ2v) is 8.10. The highest BCUT2D eigenvalue weighted by atomic mass is 19.1. The second kappa shape index (κ2) is 7.66. The molecule has 0 radical (unpaired) electrons. The molecule has 1 N–H and O–H groups in total. The van der Waals surface area contributed by atoms with Crippen molar-refractivity contribution in [1.29, 1.82) is 0 Å². The van der Waals surface area contributed by atoms with E-state index in [-0.39, 0.29) is 17.5 Å². The number of aryl methyl sites for hydroxylation is 2. The van der Waals surface area contributed by atoms with Crippen LogP contribution in [-0.2, 0) is 37.1 Å². The molecule has 0 spiro atoms. The molecule has 6 nitrogen and oxygen atoms in total. The number of hydrogen-bond acceptors (Lipinski definition) is 3. The number of imidazole rings is 1. The molecule has 3 aromatic rings. The van der Waals surface area contributed by atoms with E-state index in [1.165, 1.54) is 17.8 Å². The summed E-state index contributed by atoms with van der Waals surface area (Å²) in [4.78, 5) is 17.1. The van der Waals surface area contributed by atoms with E-state index in [1.807, 2.05) is 15.4 Å². The Labute approximate surface area is 172 Å². The molecular formula is C22H23F2N5O. The van der Waals surface area contributed by atoms with E-state index in [4.69, 9.17) is 0 Å². The van der Waals surface area contributed by atoms with Gasteiger partial charge in [0, 0.05) is 54.6 Å². The summed E-state index contributed by atoms with van der Waals surface area (Å²) in [5, 5.41) is 7.53. The lowest BCUT2D eigenvalue weighted by Crippen LogP contribution is -2.41. The number of hydrogen-bond donors (Lipinski definition) is 1. The Hall–Kier alpha value is -3.03. The first-order valence-electron chi connectivity index (χ1n) is 10.4. The number of amides is 1. The molecule has 2 aliphatic heterocycles. The molecule has 1 unspecified atom stereocenters. The number of benzene rings is 1. The topological polar surface area (TPSA) is 64.7 Å². The molecule has 4 heterocycles. The third-order valence-electron chi connectivity index (χ3n) is 5.98. The summed E-state index contributed by atoms with van der Waals surface area (Å²) in [6, 6.07) is 3.50. The minimum atomic E-state index is -0.625. The van der Waals surface area contributed by atoms with Gasteiger partial charge in [0.05, 0.1) is 18.3 Å². The highest BCUT2D eigenvalue weighted by Gasteiger charge is 2.24. The fraction of sp³-hybridized carbons (Fsp3) is 0.409. The summed E-state index contributed by atoms with van der Waals surface area (Å²) < 4.78 is 31.2. The zero-order valence-electron chi connectivity index (χ0n) is 16.6. The third kappa shape index (κ3) is 3.62. The summed E-state index contributed by atoms with van der Waals surface area (Å²) >= 11 is 0. The molecule has 5 rings (SSSR count). The molecular weight excluding hydrogens is 388 g/mol. The maximum atomic E-state index is 14.1. The molecule has 2 aromatic heterocycles. The van der Waals surface area contributed by atoms with Crippen molar-refractivity contribution in [2.24, 2.45) is 0 Å². The number of nitrogens with one attached hydrogen (secondary N) is 1. The van der Waals surface area contributed by atoms with Gasteiger partial charge in [-0.3, -0.25) is 9.48 Å². The van der Waals surface area contributed by atoms with Crippen molar-refractivity contribution in [3.8, 4) is 11.3 Å². The molecule has 30 heavy (non-hydrogen) atoms. The molecule has 0 fully saturated rings. The number of halogens is 2. The standard InChI is InChI=1S/C22H23F2N5O/c23-15-4-6-17(18(24)10-15)19-13-28-12-16(5-7-21(28)27-19)26-22(30)9-14-11-25-29-8-2-1-3-20(14)29/h4,6,10-11,13,16H,1-3,5,7-9,12H2,(H,26,30). The SMILES string of the molecule is O=C(Cc1cnn2c1CCCC2)NC1CCc2nc(-c3ccc(F)cc3F)cn2C1. The van der Waals surface area contributed by atoms with Gasteiger partial charge in [-0.2, -0.15) is 5.10 Å².